The van der Waals surface area contributed by atoms with Crippen LogP contribution in [0.15, 0.2) is 12.3 Å². The number of likely N-dealkylation sites (N-methyl/N-ethyl adjacent to an activating group) is 1. The van der Waals surface area contributed by atoms with Crippen LogP contribution in [-0.4, -0.2) is 58.8 Å². The van der Waals surface area contributed by atoms with E-state index in [9.17, 15) is 14.9 Å². The number of likely N-dealkylation sites (tertiary alicyclic amines) is 1. The van der Waals surface area contributed by atoms with Crippen molar-refractivity contribution in [3.05, 3.63) is 27.9 Å². The van der Waals surface area contributed by atoms with E-state index in [1.54, 1.807) is 4.90 Å². The second kappa shape index (κ2) is 5.65. The normalized spacial score (nSPS) is 21.8. The molecule has 0 radical (unpaired) electrons. The van der Waals surface area contributed by atoms with Gasteiger partial charge < -0.3 is 15.5 Å². The number of hydrogen-bond donors (Lipinski definition) is 1. The zero-order chi connectivity index (χ0) is 15.7. The summed E-state index contributed by atoms with van der Waals surface area (Å²) in [6, 6.07) is 1.46. The fraction of sp³-hybridized carbons (Fsp3) is 0.538. The van der Waals surface area contributed by atoms with E-state index in [4.69, 9.17) is 5.73 Å². The van der Waals surface area contributed by atoms with Crippen molar-refractivity contribution in [1.82, 2.24) is 14.8 Å². The molecule has 2 atom stereocenters. The Bertz CT molecular complexity index is 575. The van der Waals surface area contributed by atoms with Crippen molar-refractivity contribution in [1.29, 1.82) is 0 Å². The van der Waals surface area contributed by atoms with Gasteiger partial charge in [0.2, 0.25) is 0 Å². The van der Waals surface area contributed by atoms with Crippen LogP contribution >= 0.6 is 0 Å². The van der Waals surface area contributed by atoms with Crippen LogP contribution in [0.2, 0.25) is 0 Å². The van der Waals surface area contributed by atoms with Crippen molar-refractivity contribution in [3.8, 4) is 0 Å². The fourth-order valence-corrected chi connectivity index (χ4v) is 2.69. The third-order valence-electron chi connectivity index (χ3n) is 3.87. The summed E-state index contributed by atoms with van der Waals surface area (Å²) in [5, 5.41) is 10.8. The van der Waals surface area contributed by atoms with Gasteiger partial charge in [0.05, 0.1) is 10.5 Å². The Morgan fingerprint density at radius 2 is 2.19 bits per heavy atom. The lowest BCUT2D eigenvalue weighted by molar-refractivity contribution is -0.385. The molecule has 2 heterocycles. The van der Waals surface area contributed by atoms with Gasteiger partial charge in [0.1, 0.15) is 12.0 Å². The van der Waals surface area contributed by atoms with Crippen LogP contribution in [0.3, 0.4) is 0 Å². The van der Waals surface area contributed by atoms with Crippen molar-refractivity contribution in [2.24, 2.45) is 5.92 Å². The molecule has 1 fully saturated rings. The fourth-order valence-electron chi connectivity index (χ4n) is 2.69. The average molecular weight is 293 g/mol. The van der Waals surface area contributed by atoms with Crippen LogP contribution in [-0.2, 0) is 0 Å². The lowest BCUT2D eigenvalue weighted by Gasteiger charge is -2.22. The summed E-state index contributed by atoms with van der Waals surface area (Å²) in [5.41, 5.74) is 5.56. The third kappa shape index (κ3) is 2.94. The highest BCUT2D eigenvalue weighted by atomic mass is 16.6. The lowest BCUT2D eigenvalue weighted by Crippen LogP contribution is -2.36. The predicted octanol–water partition coefficient (Wildman–Crippen LogP) is 0.594. The molecular formula is C13H19N5O3. The van der Waals surface area contributed by atoms with Crippen LogP contribution in [0.5, 0.6) is 0 Å². The van der Waals surface area contributed by atoms with Gasteiger partial charge in [0, 0.05) is 25.2 Å². The van der Waals surface area contributed by atoms with E-state index in [0.717, 1.165) is 6.20 Å². The van der Waals surface area contributed by atoms with E-state index in [2.05, 4.69) is 16.8 Å². The minimum atomic E-state index is -0.585. The quantitative estimate of drug-likeness (QED) is 0.646. The molecule has 1 aromatic heterocycles. The molecule has 1 aliphatic rings. The van der Waals surface area contributed by atoms with Crippen molar-refractivity contribution in [2.75, 3.05) is 32.9 Å². The highest BCUT2D eigenvalue weighted by Crippen LogP contribution is 2.24. The molecule has 1 amide bonds. The number of hydrogen-bond acceptors (Lipinski definition) is 6. The number of nitrogen functional groups attached to an aromatic ring is 1. The molecule has 2 unspecified atom stereocenters. The van der Waals surface area contributed by atoms with Gasteiger partial charge >= 0.3 is 0 Å². The first-order valence-electron chi connectivity index (χ1n) is 6.67. The number of amides is 1. The Morgan fingerprint density at radius 1 is 1.52 bits per heavy atom. The molecule has 0 saturated carbocycles. The van der Waals surface area contributed by atoms with E-state index in [-0.39, 0.29) is 29.0 Å². The molecule has 21 heavy (non-hydrogen) atoms. The number of anilines is 1. The Hall–Kier alpha value is -2.22. The van der Waals surface area contributed by atoms with E-state index >= 15 is 0 Å². The molecule has 8 nitrogen and oxygen atoms in total. The molecule has 1 aliphatic heterocycles. The first-order valence-corrected chi connectivity index (χ1v) is 6.67. The van der Waals surface area contributed by atoms with Crippen molar-refractivity contribution in [2.45, 2.75) is 13.0 Å². The molecule has 2 rings (SSSR count). The maximum absolute atomic E-state index is 12.5. The average Bonchev–Trinajstić information content (AvgIpc) is 2.80. The predicted molar refractivity (Wildman–Crippen MR) is 77.8 cm³/mol. The van der Waals surface area contributed by atoms with E-state index in [1.807, 2.05) is 14.1 Å². The van der Waals surface area contributed by atoms with Crippen LogP contribution < -0.4 is 5.73 Å². The first kappa shape index (κ1) is 15.2. The minimum absolute atomic E-state index is 0.0200. The zero-order valence-electron chi connectivity index (χ0n) is 12.3. The zero-order valence-corrected chi connectivity index (χ0v) is 12.3. The maximum Gasteiger partial charge on any atom is 0.288 e. The van der Waals surface area contributed by atoms with Crippen molar-refractivity contribution < 1.29 is 9.72 Å². The molecule has 114 valence electrons. The van der Waals surface area contributed by atoms with Crippen molar-refractivity contribution in [3.63, 3.8) is 0 Å². The van der Waals surface area contributed by atoms with Gasteiger partial charge in [-0.15, -0.1) is 0 Å². The van der Waals surface area contributed by atoms with Gasteiger partial charge in [0.25, 0.3) is 11.6 Å². The number of carbonyl (C=O) groups is 1. The SMILES string of the molecule is CC1CN(C(=O)c2cc([N+](=O)[O-])cnc2N)CC1N(C)C. The topological polar surface area (TPSA) is 106 Å². The highest BCUT2D eigenvalue weighted by Gasteiger charge is 2.35. The minimum Gasteiger partial charge on any atom is -0.383 e. The molecule has 1 saturated heterocycles. The Morgan fingerprint density at radius 3 is 2.71 bits per heavy atom. The number of pyridine rings is 1. The van der Waals surface area contributed by atoms with Crippen molar-refractivity contribution >= 4 is 17.4 Å². The largest absolute Gasteiger partial charge is 0.383 e. The summed E-state index contributed by atoms with van der Waals surface area (Å²) in [7, 11) is 3.94. The van der Waals surface area contributed by atoms with Gasteiger partial charge in [0.15, 0.2) is 0 Å². The van der Waals surface area contributed by atoms with Gasteiger partial charge in [-0.3, -0.25) is 14.9 Å². The number of carbonyl (C=O) groups excluding carboxylic acids is 1. The molecular weight excluding hydrogens is 274 g/mol. The second-order valence-corrected chi connectivity index (χ2v) is 5.60. The van der Waals surface area contributed by atoms with Crippen LogP contribution in [0, 0.1) is 16.0 Å². The summed E-state index contributed by atoms with van der Waals surface area (Å²) in [4.78, 5) is 30.2. The maximum atomic E-state index is 12.5. The Labute approximate surface area is 122 Å². The standard InChI is InChI=1S/C13H19N5O3/c1-8-6-17(7-11(8)16(2)3)13(19)10-4-9(18(20)21)5-15-12(10)14/h4-5,8,11H,6-7H2,1-3H3,(H2,14,15). The molecule has 0 aliphatic carbocycles. The number of nitrogens with zero attached hydrogens (tertiary/aromatic N) is 4. The van der Waals surface area contributed by atoms with E-state index in [1.165, 1.54) is 6.07 Å². The smallest absolute Gasteiger partial charge is 0.288 e. The number of rotatable bonds is 3. The number of aromatic nitrogens is 1. The Balaban J connectivity index is 2.25. The summed E-state index contributed by atoms with van der Waals surface area (Å²) in [6.07, 6.45) is 1.06. The van der Waals surface area contributed by atoms with E-state index < -0.39 is 4.92 Å². The van der Waals surface area contributed by atoms with Gasteiger partial charge in [-0.1, -0.05) is 6.92 Å². The number of nitro groups is 1. The highest BCUT2D eigenvalue weighted by molar-refractivity contribution is 5.99. The van der Waals surface area contributed by atoms with Crippen LogP contribution in [0.4, 0.5) is 11.5 Å². The molecule has 0 spiro atoms. The van der Waals surface area contributed by atoms with Crippen LogP contribution in [0.1, 0.15) is 17.3 Å². The molecule has 0 bridgehead atoms. The number of nitrogens with two attached hydrogens (primary N) is 1. The lowest BCUT2D eigenvalue weighted by atomic mass is 10.1. The molecule has 1 aromatic rings. The molecule has 0 aromatic carbocycles. The summed E-state index contributed by atoms with van der Waals surface area (Å²) in [6.45, 7) is 3.26. The van der Waals surface area contributed by atoms with Gasteiger partial charge in [-0.2, -0.15) is 0 Å². The second-order valence-electron chi connectivity index (χ2n) is 5.60. The third-order valence-corrected chi connectivity index (χ3v) is 3.87. The summed E-state index contributed by atoms with van der Waals surface area (Å²) >= 11 is 0. The first-order chi connectivity index (χ1) is 9.81. The Kier molecular flexibility index (Phi) is 4.08. The van der Waals surface area contributed by atoms with Crippen LogP contribution in [0.25, 0.3) is 0 Å². The molecule has 2 N–H and O–H groups in total. The van der Waals surface area contributed by atoms with Gasteiger partial charge in [-0.25, -0.2) is 4.98 Å². The van der Waals surface area contributed by atoms with Gasteiger partial charge in [-0.05, 0) is 20.0 Å². The monoisotopic (exact) mass is 293 g/mol. The molecule has 8 heteroatoms. The van der Waals surface area contributed by atoms with E-state index in [0.29, 0.717) is 19.0 Å². The summed E-state index contributed by atoms with van der Waals surface area (Å²) in [5.74, 6) is 0.0447. The summed E-state index contributed by atoms with van der Waals surface area (Å²) < 4.78 is 0.